The quantitative estimate of drug-likeness (QED) is 0.618. The topological polar surface area (TPSA) is 64.4 Å². The van der Waals surface area contributed by atoms with Crippen molar-refractivity contribution in [3.8, 4) is 17.1 Å². The van der Waals surface area contributed by atoms with Gasteiger partial charge in [-0.1, -0.05) is 19.1 Å². The van der Waals surface area contributed by atoms with Gasteiger partial charge in [-0.3, -0.25) is 4.79 Å². The Labute approximate surface area is 157 Å². The number of anilines is 1. The van der Waals surface area contributed by atoms with Crippen molar-refractivity contribution in [2.75, 3.05) is 11.9 Å². The number of nitrogens with zero attached hydrogens (tertiary/aromatic N) is 1. The van der Waals surface area contributed by atoms with Crippen molar-refractivity contribution in [2.24, 2.45) is 0 Å². The Morgan fingerprint density at radius 3 is 2.74 bits per heavy atom. The van der Waals surface area contributed by atoms with Crippen molar-refractivity contribution in [1.82, 2.24) is 4.98 Å². The summed E-state index contributed by atoms with van der Waals surface area (Å²) in [5.41, 5.74) is 1.39. The molecule has 27 heavy (non-hydrogen) atoms. The Balaban J connectivity index is 1.56. The molecule has 0 fully saturated rings. The number of ether oxygens (including phenoxy) is 1. The fraction of sp³-hybridized carbons (Fsp3) is 0.238. The Morgan fingerprint density at radius 1 is 1.19 bits per heavy atom. The maximum absolute atomic E-state index is 13.0. The maximum Gasteiger partial charge on any atom is 0.224 e. The Morgan fingerprint density at radius 2 is 1.96 bits per heavy atom. The molecule has 1 N–H and O–H groups in total. The van der Waals surface area contributed by atoms with Gasteiger partial charge in [-0.25, -0.2) is 9.37 Å². The van der Waals surface area contributed by atoms with E-state index in [1.807, 2.05) is 25.1 Å². The predicted octanol–water partition coefficient (Wildman–Crippen LogP) is 4.84. The smallest absolute Gasteiger partial charge is 0.224 e. The van der Waals surface area contributed by atoms with Gasteiger partial charge in [0, 0.05) is 18.4 Å². The minimum atomic E-state index is -0.307. The third-order valence-corrected chi connectivity index (χ3v) is 3.87. The largest absolute Gasteiger partial charge is 0.491 e. The minimum Gasteiger partial charge on any atom is -0.491 e. The molecule has 0 atom stereocenters. The van der Waals surface area contributed by atoms with Crippen LogP contribution in [0.5, 0.6) is 5.75 Å². The number of aryl methyl sites for hydroxylation is 1. The molecule has 3 aromatic rings. The number of oxazole rings is 1. The molecule has 0 bridgehead atoms. The predicted molar refractivity (Wildman–Crippen MR) is 101 cm³/mol. The van der Waals surface area contributed by atoms with E-state index in [9.17, 15) is 9.18 Å². The van der Waals surface area contributed by atoms with Gasteiger partial charge in [-0.05, 0) is 42.8 Å². The van der Waals surface area contributed by atoms with Crippen LogP contribution in [0.4, 0.5) is 10.1 Å². The fourth-order valence-corrected chi connectivity index (χ4v) is 2.51. The molecule has 0 spiro atoms. The normalized spacial score (nSPS) is 10.6. The molecule has 3 rings (SSSR count). The number of carbonyl (C=O) groups is 1. The molecule has 140 valence electrons. The number of para-hydroxylation sites is 2. The molecule has 6 heteroatoms. The number of carbonyl (C=O) groups excluding carboxylic acids is 1. The third-order valence-electron chi connectivity index (χ3n) is 3.87. The average molecular weight is 368 g/mol. The van der Waals surface area contributed by atoms with E-state index in [-0.39, 0.29) is 18.1 Å². The lowest BCUT2D eigenvalue weighted by Crippen LogP contribution is -2.13. The lowest BCUT2D eigenvalue weighted by molar-refractivity contribution is -0.116. The first-order valence-corrected chi connectivity index (χ1v) is 8.88. The Bertz CT molecular complexity index is 890. The van der Waals surface area contributed by atoms with Crippen LogP contribution in [0.2, 0.25) is 0 Å². The van der Waals surface area contributed by atoms with Gasteiger partial charge in [0.05, 0.1) is 18.5 Å². The van der Waals surface area contributed by atoms with E-state index in [1.165, 1.54) is 12.1 Å². The number of halogens is 1. The monoisotopic (exact) mass is 368 g/mol. The number of benzene rings is 2. The molecule has 0 unspecified atom stereocenters. The Hall–Kier alpha value is -3.15. The maximum atomic E-state index is 13.0. The first-order valence-electron chi connectivity index (χ1n) is 8.88. The third kappa shape index (κ3) is 5.17. The average Bonchev–Trinajstić information content (AvgIpc) is 3.15. The van der Waals surface area contributed by atoms with Crippen LogP contribution in [0.3, 0.4) is 0 Å². The zero-order valence-electron chi connectivity index (χ0n) is 15.1. The van der Waals surface area contributed by atoms with Crippen molar-refractivity contribution in [1.29, 1.82) is 0 Å². The van der Waals surface area contributed by atoms with E-state index >= 15 is 0 Å². The highest BCUT2D eigenvalue weighted by Crippen LogP contribution is 2.24. The first-order chi connectivity index (χ1) is 13.2. The van der Waals surface area contributed by atoms with Gasteiger partial charge < -0.3 is 14.5 Å². The van der Waals surface area contributed by atoms with Crippen molar-refractivity contribution >= 4 is 11.6 Å². The summed E-state index contributed by atoms with van der Waals surface area (Å²) >= 11 is 0. The van der Waals surface area contributed by atoms with Crippen molar-refractivity contribution in [3.05, 3.63) is 66.4 Å². The highest BCUT2D eigenvalue weighted by atomic mass is 19.1. The summed E-state index contributed by atoms with van der Waals surface area (Å²) in [6, 6.07) is 13.3. The molecule has 1 heterocycles. The van der Waals surface area contributed by atoms with Gasteiger partial charge in [0.2, 0.25) is 5.91 Å². The van der Waals surface area contributed by atoms with Gasteiger partial charge in [-0.2, -0.15) is 0 Å². The first kappa shape index (κ1) is 18.6. The zero-order chi connectivity index (χ0) is 19.1. The summed E-state index contributed by atoms with van der Waals surface area (Å²) < 4.78 is 24.3. The summed E-state index contributed by atoms with van der Waals surface area (Å²) in [5.74, 6) is 1.20. The second kappa shape index (κ2) is 8.98. The van der Waals surface area contributed by atoms with Crippen molar-refractivity contribution < 1.29 is 18.3 Å². The summed E-state index contributed by atoms with van der Waals surface area (Å²) in [5, 5.41) is 2.86. The van der Waals surface area contributed by atoms with Gasteiger partial charge in [0.15, 0.2) is 11.7 Å². The van der Waals surface area contributed by atoms with E-state index < -0.39 is 0 Å². The van der Waals surface area contributed by atoms with E-state index in [1.54, 1.807) is 24.4 Å². The number of aromatic nitrogens is 1. The standard InChI is InChI=1S/C21H21FN2O3/c1-2-13-26-18-6-4-3-5-17(18)24-20(25)11-12-21-23-14-19(27-21)15-7-9-16(22)10-8-15/h3-10,14H,2,11-13H2,1H3,(H,24,25). The second-order valence-electron chi connectivity index (χ2n) is 6.02. The molecule has 0 aliphatic heterocycles. The fourth-order valence-electron chi connectivity index (χ4n) is 2.51. The van der Waals surface area contributed by atoms with Crippen molar-refractivity contribution in [2.45, 2.75) is 26.2 Å². The highest BCUT2D eigenvalue weighted by molar-refractivity contribution is 5.92. The van der Waals surface area contributed by atoms with Gasteiger partial charge >= 0.3 is 0 Å². The molecule has 0 aliphatic carbocycles. The van der Waals surface area contributed by atoms with E-state index in [2.05, 4.69) is 10.3 Å². The molecule has 0 saturated carbocycles. The van der Waals surface area contributed by atoms with Crippen LogP contribution in [0.15, 0.2) is 59.1 Å². The summed E-state index contributed by atoms with van der Waals surface area (Å²) in [4.78, 5) is 16.4. The van der Waals surface area contributed by atoms with Gasteiger partial charge in [0.25, 0.3) is 0 Å². The number of hydrogen-bond donors (Lipinski definition) is 1. The van der Waals surface area contributed by atoms with Gasteiger partial charge in [-0.15, -0.1) is 0 Å². The van der Waals surface area contributed by atoms with Crippen LogP contribution >= 0.6 is 0 Å². The van der Waals surface area contributed by atoms with Crippen LogP contribution in [0.25, 0.3) is 11.3 Å². The van der Waals surface area contributed by atoms with E-state index in [0.29, 0.717) is 36.1 Å². The number of rotatable bonds is 8. The lowest BCUT2D eigenvalue weighted by atomic mass is 10.2. The zero-order valence-corrected chi connectivity index (χ0v) is 15.1. The van der Waals surface area contributed by atoms with Crippen molar-refractivity contribution in [3.63, 3.8) is 0 Å². The molecule has 0 saturated heterocycles. The summed E-state index contributed by atoms with van der Waals surface area (Å²) in [6.07, 6.45) is 3.06. The number of hydrogen-bond acceptors (Lipinski definition) is 4. The minimum absolute atomic E-state index is 0.149. The van der Waals surface area contributed by atoms with Crippen LogP contribution in [0.1, 0.15) is 25.7 Å². The van der Waals surface area contributed by atoms with Crippen LogP contribution in [-0.2, 0) is 11.2 Å². The lowest BCUT2D eigenvalue weighted by Gasteiger charge is -2.11. The SMILES string of the molecule is CCCOc1ccccc1NC(=O)CCc1ncc(-c2ccc(F)cc2)o1. The molecule has 0 aliphatic rings. The summed E-state index contributed by atoms with van der Waals surface area (Å²) in [6.45, 7) is 2.62. The second-order valence-corrected chi connectivity index (χ2v) is 6.02. The molecule has 0 radical (unpaired) electrons. The van der Waals surface area contributed by atoms with Crippen LogP contribution in [0, 0.1) is 5.82 Å². The Kier molecular flexibility index (Phi) is 6.20. The molecular weight excluding hydrogens is 347 g/mol. The molecular formula is C21H21FN2O3. The molecule has 2 aromatic carbocycles. The summed E-state index contributed by atoms with van der Waals surface area (Å²) in [7, 11) is 0. The van der Waals surface area contributed by atoms with Gasteiger partial charge in [0.1, 0.15) is 11.6 Å². The van der Waals surface area contributed by atoms with E-state index in [0.717, 1.165) is 12.0 Å². The highest BCUT2D eigenvalue weighted by Gasteiger charge is 2.11. The number of nitrogens with one attached hydrogen (secondary N) is 1. The number of amides is 1. The van der Waals surface area contributed by atoms with Crippen LogP contribution in [-0.4, -0.2) is 17.5 Å². The van der Waals surface area contributed by atoms with Crippen LogP contribution < -0.4 is 10.1 Å². The molecule has 5 nitrogen and oxygen atoms in total. The molecule has 1 amide bonds. The van der Waals surface area contributed by atoms with E-state index in [4.69, 9.17) is 9.15 Å². The molecule has 1 aromatic heterocycles.